The third kappa shape index (κ3) is 4.47. The molecule has 0 spiro atoms. The fraction of sp³-hybridized carbons (Fsp3) is 0.176. The van der Waals surface area contributed by atoms with E-state index in [-0.39, 0.29) is 12.5 Å². The molecule has 120 valence electrons. The van der Waals surface area contributed by atoms with Gasteiger partial charge in [-0.25, -0.2) is 4.79 Å². The highest BCUT2D eigenvalue weighted by Gasteiger charge is 2.12. The van der Waals surface area contributed by atoms with E-state index in [2.05, 4.69) is 10.6 Å². The summed E-state index contributed by atoms with van der Waals surface area (Å²) >= 11 is 5.89. The summed E-state index contributed by atoms with van der Waals surface area (Å²) in [5, 5.41) is 6.35. The van der Waals surface area contributed by atoms with E-state index in [4.69, 9.17) is 16.3 Å². The number of hydrogen-bond donors (Lipinski definition) is 2. The lowest BCUT2D eigenvalue weighted by molar-refractivity contribution is -0.114. The molecule has 6 heteroatoms. The van der Waals surface area contributed by atoms with E-state index in [1.165, 1.54) is 7.11 Å². The number of methoxy groups -OCH3 is 1. The van der Waals surface area contributed by atoms with Crippen molar-refractivity contribution in [3.05, 3.63) is 58.6 Å². The molecule has 1 amide bonds. The molecule has 0 saturated heterocycles. The number of benzene rings is 2. The van der Waals surface area contributed by atoms with Crippen molar-refractivity contribution in [1.29, 1.82) is 0 Å². The highest BCUT2D eigenvalue weighted by molar-refractivity contribution is 6.30. The van der Waals surface area contributed by atoms with Crippen LogP contribution in [0.25, 0.3) is 0 Å². The quantitative estimate of drug-likeness (QED) is 0.822. The molecule has 2 N–H and O–H groups in total. The second kappa shape index (κ2) is 7.65. The number of aryl methyl sites for hydroxylation is 1. The second-order valence-corrected chi connectivity index (χ2v) is 5.33. The van der Waals surface area contributed by atoms with Crippen LogP contribution in [0, 0.1) is 6.92 Å². The molecule has 0 bridgehead atoms. The summed E-state index contributed by atoms with van der Waals surface area (Å²) < 4.78 is 4.71. The Morgan fingerprint density at radius 1 is 1.13 bits per heavy atom. The zero-order valence-electron chi connectivity index (χ0n) is 12.9. The molecule has 0 aliphatic carbocycles. The molecular weight excluding hydrogens is 316 g/mol. The van der Waals surface area contributed by atoms with Gasteiger partial charge in [0.15, 0.2) is 0 Å². The van der Waals surface area contributed by atoms with Gasteiger partial charge in [0.2, 0.25) is 5.91 Å². The van der Waals surface area contributed by atoms with Gasteiger partial charge < -0.3 is 15.4 Å². The third-order valence-corrected chi connectivity index (χ3v) is 3.47. The zero-order valence-corrected chi connectivity index (χ0v) is 13.6. The summed E-state index contributed by atoms with van der Waals surface area (Å²) in [7, 11) is 1.31. The lowest BCUT2D eigenvalue weighted by Gasteiger charge is -2.12. The van der Waals surface area contributed by atoms with Gasteiger partial charge in [-0.15, -0.1) is 0 Å². The van der Waals surface area contributed by atoms with Crippen LogP contribution in [0.4, 0.5) is 11.4 Å². The highest BCUT2D eigenvalue weighted by atomic mass is 35.5. The Bertz CT molecular complexity index is 732. The Balaban J connectivity index is 2.01. The number of hydrogen-bond acceptors (Lipinski definition) is 4. The maximum Gasteiger partial charge on any atom is 0.339 e. The molecule has 5 nitrogen and oxygen atoms in total. The number of rotatable bonds is 5. The molecular formula is C17H17ClN2O3. The van der Waals surface area contributed by atoms with E-state index in [0.717, 1.165) is 5.56 Å². The summed E-state index contributed by atoms with van der Waals surface area (Å²) in [6.07, 6.45) is 0. The fourth-order valence-corrected chi connectivity index (χ4v) is 2.29. The van der Waals surface area contributed by atoms with Crippen molar-refractivity contribution < 1.29 is 14.3 Å². The smallest absolute Gasteiger partial charge is 0.339 e. The molecule has 0 aliphatic rings. The second-order valence-electron chi connectivity index (χ2n) is 4.90. The number of esters is 1. The van der Waals surface area contributed by atoms with Crippen LogP contribution in [0.2, 0.25) is 5.02 Å². The zero-order chi connectivity index (χ0) is 16.8. The lowest BCUT2D eigenvalue weighted by Crippen LogP contribution is -2.23. The lowest BCUT2D eigenvalue weighted by atomic mass is 10.2. The van der Waals surface area contributed by atoms with Crippen LogP contribution in [0.3, 0.4) is 0 Å². The first kappa shape index (κ1) is 16.8. The number of carbonyl (C=O) groups is 2. The maximum atomic E-state index is 12.1. The molecule has 0 fully saturated rings. The van der Waals surface area contributed by atoms with Crippen LogP contribution in [0.5, 0.6) is 0 Å². The van der Waals surface area contributed by atoms with Gasteiger partial charge in [0, 0.05) is 16.4 Å². The molecule has 0 saturated carbocycles. The first-order valence-corrected chi connectivity index (χ1v) is 7.36. The number of para-hydroxylation sites is 1. The van der Waals surface area contributed by atoms with Crippen molar-refractivity contribution in [2.45, 2.75) is 6.92 Å². The average Bonchev–Trinajstić information content (AvgIpc) is 2.55. The number of carbonyl (C=O) groups excluding carboxylic acids is 2. The van der Waals surface area contributed by atoms with Crippen molar-refractivity contribution in [3.63, 3.8) is 0 Å². The highest BCUT2D eigenvalue weighted by Crippen LogP contribution is 2.20. The van der Waals surface area contributed by atoms with Crippen molar-refractivity contribution in [2.75, 3.05) is 24.3 Å². The Hall–Kier alpha value is -2.53. The number of amides is 1. The molecule has 0 radical (unpaired) electrons. The van der Waals surface area contributed by atoms with Crippen LogP contribution in [-0.4, -0.2) is 25.5 Å². The Morgan fingerprint density at radius 3 is 2.57 bits per heavy atom. The van der Waals surface area contributed by atoms with Crippen LogP contribution < -0.4 is 10.6 Å². The topological polar surface area (TPSA) is 67.4 Å². The normalized spacial score (nSPS) is 10.0. The average molecular weight is 333 g/mol. The molecule has 0 atom stereocenters. The molecule has 0 aromatic heterocycles. The van der Waals surface area contributed by atoms with Crippen LogP contribution in [0.1, 0.15) is 15.9 Å². The minimum absolute atomic E-state index is 0.0239. The SMILES string of the molecule is COC(=O)c1ccccc1NCC(=O)Nc1ccc(Cl)cc1C. The van der Waals surface area contributed by atoms with E-state index >= 15 is 0 Å². The number of ether oxygens (including phenoxy) is 1. The van der Waals surface area contributed by atoms with Gasteiger partial charge in [0.25, 0.3) is 0 Å². The Morgan fingerprint density at radius 2 is 1.87 bits per heavy atom. The molecule has 0 unspecified atom stereocenters. The van der Waals surface area contributed by atoms with E-state index < -0.39 is 5.97 Å². The standard InChI is InChI=1S/C17H17ClN2O3/c1-11-9-12(18)7-8-14(11)20-16(21)10-19-15-6-4-3-5-13(15)17(22)23-2/h3-9,19H,10H2,1-2H3,(H,20,21). The van der Waals surface area contributed by atoms with Crippen molar-refractivity contribution in [3.8, 4) is 0 Å². The molecule has 0 heterocycles. The van der Waals surface area contributed by atoms with E-state index in [0.29, 0.717) is 22.0 Å². The van der Waals surface area contributed by atoms with Crippen LogP contribution in [0.15, 0.2) is 42.5 Å². The predicted molar refractivity (Wildman–Crippen MR) is 91.1 cm³/mol. The summed E-state index contributed by atoms with van der Waals surface area (Å²) in [5.74, 6) is -0.683. The Labute approximate surface area is 139 Å². The van der Waals surface area contributed by atoms with Crippen LogP contribution in [-0.2, 0) is 9.53 Å². The number of halogens is 1. The van der Waals surface area contributed by atoms with Gasteiger partial charge in [-0.3, -0.25) is 4.79 Å². The summed E-state index contributed by atoms with van der Waals surface area (Å²) in [6.45, 7) is 1.89. The molecule has 2 aromatic carbocycles. The minimum Gasteiger partial charge on any atom is -0.465 e. The Kier molecular flexibility index (Phi) is 5.60. The van der Waals surface area contributed by atoms with E-state index in [1.54, 1.807) is 42.5 Å². The minimum atomic E-state index is -0.456. The predicted octanol–water partition coefficient (Wildman–Crippen LogP) is 3.49. The number of nitrogens with one attached hydrogen (secondary N) is 2. The first-order valence-electron chi connectivity index (χ1n) is 6.98. The summed E-state index contributed by atoms with van der Waals surface area (Å²) in [4.78, 5) is 23.7. The van der Waals surface area contributed by atoms with Gasteiger partial charge in [-0.05, 0) is 42.8 Å². The van der Waals surface area contributed by atoms with Crippen molar-refractivity contribution >= 4 is 34.9 Å². The summed E-state index contributed by atoms with van der Waals surface area (Å²) in [6, 6.07) is 12.1. The van der Waals surface area contributed by atoms with Gasteiger partial charge in [0.1, 0.15) is 0 Å². The summed E-state index contributed by atoms with van der Waals surface area (Å²) in [5.41, 5.74) is 2.50. The van der Waals surface area contributed by atoms with Gasteiger partial charge >= 0.3 is 5.97 Å². The van der Waals surface area contributed by atoms with E-state index in [9.17, 15) is 9.59 Å². The third-order valence-electron chi connectivity index (χ3n) is 3.23. The molecule has 2 aromatic rings. The van der Waals surface area contributed by atoms with Crippen molar-refractivity contribution in [2.24, 2.45) is 0 Å². The fourth-order valence-electron chi connectivity index (χ4n) is 2.06. The van der Waals surface area contributed by atoms with Gasteiger partial charge in [-0.2, -0.15) is 0 Å². The molecule has 0 aliphatic heterocycles. The monoisotopic (exact) mass is 332 g/mol. The molecule has 2 rings (SSSR count). The maximum absolute atomic E-state index is 12.1. The van der Waals surface area contributed by atoms with Crippen LogP contribution >= 0.6 is 11.6 Å². The van der Waals surface area contributed by atoms with Gasteiger partial charge in [-0.1, -0.05) is 23.7 Å². The number of anilines is 2. The van der Waals surface area contributed by atoms with E-state index in [1.807, 2.05) is 6.92 Å². The molecule has 23 heavy (non-hydrogen) atoms. The first-order chi connectivity index (χ1) is 11.0. The van der Waals surface area contributed by atoms with Gasteiger partial charge in [0.05, 0.1) is 19.2 Å². The van der Waals surface area contributed by atoms with Crippen molar-refractivity contribution in [1.82, 2.24) is 0 Å². The largest absolute Gasteiger partial charge is 0.465 e.